The molecule has 8 nitrogen and oxygen atoms in total. The first-order valence-electron chi connectivity index (χ1n) is 8.61. The number of sulfone groups is 1. The van der Waals surface area contributed by atoms with Gasteiger partial charge in [-0.2, -0.15) is 0 Å². The fourth-order valence-corrected chi connectivity index (χ4v) is 3.98. The molecule has 1 aliphatic heterocycles. The smallest absolute Gasteiger partial charge is 0.221 e. The van der Waals surface area contributed by atoms with E-state index in [4.69, 9.17) is 9.47 Å². The number of piperazine rings is 1. The molecule has 9 heteroatoms. The third-order valence-corrected chi connectivity index (χ3v) is 5.99. The molecule has 1 fully saturated rings. The lowest BCUT2D eigenvalue weighted by Gasteiger charge is -2.27. The minimum absolute atomic E-state index is 0.0712. The zero-order valence-corrected chi connectivity index (χ0v) is 16.1. The second-order valence-electron chi connectivity index (χ2n) is 6.03. The van der Waals surface area contributed by atoms with Gasteiger partial charge in [0, 0.05) is 51.8 Å². The number of nitrogens with one attached hydrogen (secondary N) is 2. The molecule has 1 heterocycles. The lowest BCUT2D eigenvalue weighted by Crippen LogP contribution is -2.46. The van der Waals surface area contributed by atoms with Crippen LogP contribution in [0.3, 0.4) is 0 Å². The van der Waals surface area contributed by atoms with E-state index in [-0.39, 0.29) is 23.0 Å². The average molecular weight is 385 g/mol. The summed E-state index contributed by atoms with van der Waals surface area (Å²) in [6.45, 7) is 5.13. The summed E-state index contributed by atoms with van der Waals surface area (Å²) >= 11 is 0. The van der Waals surface area contributed by atoms with Crippen molar-refractivity contribution in [3.05, 3.63) is 18.2 Å². The van der Waals surface area contributed by atoms with Gasteiger partial charge in [-0.15, -0.1) is 0 Å². The van der Waals surface area contributed by atoms with Crippen molar-refractivity contribution in [3.63, 3.8) is 0 Å². The highest BCUT2D eigenvalue weighted by atomic mass is 32.2. The Morgan fingerprint density at radius 2 is 1.88 bits per heavy atom. The number of rotatable bonds is 9. The summed E-state index contributed by atoms with van der Waals surface area (Å²) < 4.78 is 35.1. The van der Waals surface area contributed by atoms with Crippen molar-refractivity contribution in [3.8, 4) is 11.5 Å². The predicted molar refractivity (Wildman–Crippen MR) is 98.5 cm³/mol. The number of nitrogens with zero attached hydrogens (tertiary/aromatic N) is 1. The molecule has 0 aliphatic carbocycles. The second-order valence-corrected chi connectivity index (χ2v) is 8.14. The van der Waals surface area contributed by atoms with Crippen molar-refractivity contribution in [2.45, 2.75) is 11.3 Å². The second kappa shape index (κ2) is 9.75. The molecule has 2 N–H and O–H groups in total. The zero-order valence-electron chi connectivity index (χ0n) is 15.3. The lowest BCUT2D eigenvalue weighted by atomic mass is 10.3. The van der Waals surface area contributed by atoms with E-state index in [0.717, 1.165) is 32.7 Å². The van der Waals surface area contributed by atoms with Gasteiger partial charge in [-0.1, -0.05) is 0 Å². The van der Waals surface area contributed by atoms with E-state index >= 15 is 0 Å². The minimum Gasteiger partial charge on any atom is -0.493 e. The number of ether oxygens (including phenoxy) is 2. The van der Waals surface area contributed by atoms with Crippen molar-refractivity contribution in [1.29, 1.82) is 0 Å². The van der Waals surface area contributed by atoms with Crippen LogP contribution in [0.15, 0.2) is 23.1 Å². The van der Waals surface area contributed by atoms with Gasteiger partial charge in [0.2, 0.25) is 5.91 Å². The van der Waals surface area contributed by atoms with Crippen LogP contribution in [0, 0.1) is 0 Å². The SMILES string of the molecule is COc1ccc(S(=O)(=O)CCC(=O)NCCN2CCNCC2)cc1OC. The number of amides is 1. The Labute approximate surface area is 154 Å². The molecule has 1 aromatic rings. The van der Waals surface area contributed by atoms with Crippen LogP contribution in [-0.2, 0) is 14.6 Å². The molecule has 0 radical (unpaired) electrons. The van der Waals surface area contributed by atoms with Crippen LogP contribution >= 0.6 is 0 Å². The van der Waals surface area contributed by atoms with Crippen LogP contribution in [0.2, 0.25) is 0 Å². The molecule has 0 saturated carbocycles. The van der Waals surface area contributed by atoms with Crippen LogP contribution in [0.25, 0.3) is 0 Å². The van der Waals surface area contributed by atoms with Crippen molar-refractivity contribution in [2.75, 3.05) is 59.2 Å². The molecule has 1 aliphatic rings. The van der Waals surface area contributed by atoms with Gasteiger partial charge in [0.1, 0.15) is 0 Å². The molecule has 26 heavy (non-hydrogen) atoms. The van der Waals surface area contributed by atoms with Gasteiger partial charge in [0.25, 0.3) is 0 Å². The summed E-state index contributed by atoms with van der Waals surface area (Å²) in [4.78, 5) is 14.3. The minimum atomic E-state index is -3.57. The molecular formula is C17H27N3O5S. The monoisotopic (exact) mass is 385 g/mol. The normalized spacial score (nSPS) is 15.5. The van der Waals surface area contributed by atoms with E-state index in [9.17, 15) is 13.2 Å². The van der Waals surface area contributed by atoms with Crippen molar-refractivity contribution in [2.24, 2.45) is 0 Å². The highest BCUT2D eigenvalue weighted by Crippen LogP contribution is 2.29. The Morgan fingerprint density at radius 1 is 1.19 bits per heavy atom. The topological polar surface area (TPSA) is 97.0 Å². The number of carbonyl (C=O) groups is 1. The summed E-state index contributed by atoms with van der Waals surface area (Å²) in [5, 5.41) is 6.05. The quantitative estimate of drug-likeness (QED) is 0.612. The fraction of sp³-hybridized carbons (Fsp3) is 0.588. The van der Waals surface area contributed by atoms with E-state index in [1.807, 2.05) is 0 Å². The summed E-state index contributed by atoms with van der Waals surface area (Å²) in [6.07, 6.45) is -0.0712. The maximum Gasteiger partial charge on any atom is 0.221 e. The number of carbonyl (C=O) groups excluding carboxylic acids is 1. The molecule has 0 aromatic heterocycles. The van der Waals surface area contributed by atoms with E-state index in [1.165, 1.54) is 26.4 Å². The van der Waals surface area contributed by atoms with Gasteiger partial charge in [0.15, 0.2) is 21.3 Å². The number of benzene rings is 1. The number of methoxy groups -OCH3 is 2. The van der Waals surface area contributed by atoms with Gasteiger partial charge in [-0.25, -0.2) is 8.42 Å². The van der Waals surface area contributed by atoms with Gasteiger partial charge in [-0.3, -0.25) is 9.69 Å². The Balaban J connectivity index is 1.82. The predicted octanol–water partition coefficient (Wildman–Crippen LogP) is -0.111. The molecule has 146 valence electrons. The van der Waals surface area contributed by atoms with Crippen molar-refractivity contribution in [1.82, 2.24) is 15.5 Å². The Morgan fingerprint density at radius 3 is 2.54 bits per heavy atom. The third kappa shape index (κ3) is 5.86. The summed E-state index contributed by atoms with van der Waals surface area (Å²) in [5.74, 6) is 0.289. The highest BCUT2D eigenvalue weighted by molar-refractivity contribution is 7.91. The summed E-state index contributed by atoms with van der Waals surface area (Å²) in [7, 11) is -0.646. The molecule has 1 aromatic carbocycles. The van der Waals surface area contributed by atoms with Crippen LogP contribution in [0.1, 0.15) is 6.42 Å². The van der Waals surface area contributed by atoms with Crippen LogP contribution in [0.4, 0.5) is 0 Å². The standard InChI is InChI=1S/C17H27N3O5S/c1-24-15-4-3-14(13-16(15)25-2)26(22,23)12-5-17(21)19-8-11-20-9-6-18-7-10-20/h3-4,13,18H,5-12H2,1-2H3,(H,19,21). The Hall–Kier alpha value is -1.84. The number of hydrogen-bond acceptors (Lipinski definition) is 7. The fourth-order valence-electron chi connectivity index (χ4n) is 2.73. The van der Waals surface area contributed by atoms with Gasteiger partial charge in [0.05, 0.1) is 24.9 Å². The molecule has 1 amide bonds. The van der Waals surface area contributed by atoms with E-state index in [1.54, 1.807) is 6.07 Å². The zero-order chi connectivity index (χ0) is 19.0. The Kier molecular flexibility index (Phi) is 7.67. The first-order valence-corrected chi connectivity index (χ1v) is 10.3. The molecule has 0 spiro atoms. The van der Waals surface area contributed by atoms with Crippen molar-refractivity contribution < 1.29 is 22.7 Å². The molecule has 0 unspecified atom stereocenters. The van der Waals surface area contributed by atoms with Gasteiger partial charge in [-0.05, 0) is 12.1 Å². The Bertz CT molecular complexity index is 702. The van der Waals surface area contributed by atoms with Gasteiger partial charge >= 0.3 is 0 Å². The largest absolute Gasteiger partial charge is 0.493 e. The molecular weight excluding hydrogens is 358 g/mol. The summed E-state index contributed by atoms with van der Waals surface area (Å²) in [5.41, 5.74) is 0. The summed E-state index contributed by atoms with van der Waals surface area (Å²) in [6, 6.07) is 4.41. The molecule has 2 rings (SSSR count). The highest BCUT2D eigenvalue weighted by Gasteiger charge is 2.19. The maximum absolute atomic E-state index is 12.4. The first kappa shape index (κ1) is 20.5. The average Bonchev–Trinajstić information content (AvgIpc) is 2.66. The third-order valence-electron chi connectivity index (χ3n) is 4.27. The van der Waals surface area contributed by atoms with Crippen LogP contribution in [0.5, 0.6) is 11.5 Å². The molecule has 1 saturated heterocycles. The molecule has 0 atom stereocenters. The lowest BCUT2D eigenvalue weighted by molar-refractivity contribution is -0.120. The van der Waals surface area contributed by atoms with E-state index < -0.39 is 9.84 Å². The number of hydrogen-bond donors (Lipinski definition) is 2. The van der Waals surface area contributed by atoms with Crippen molar-refractivity contribution >= 4 is 15.7 Å². The first-order chi connectivity index (χ1) is 12.5. The maximum atomic E-state index is 12.4. The molecule has 0 bridgehead atoms. The van der Waals surface area contributed by atoms with Crippen LogP contribution < -0.4 is 20.1 Å². The van der Waals surface area contributed by atoms with E-state index in [2.05, 4.69) is 15.5 Å². The van der Waals surface area contributed by atoms with Gasteiger partial charge < -0.3 is 20.1 Å². The van der Waals surface area contributed by atoms with E-state index in [0.29, 0.717) is 18.0 Å². The van der Waals surface area contributed by atoms with Crippen LogP contribution in [-0.4, -0.2) is 78.5 Å².